The molecule has 0 aliphatic carbocycles. The molecule has 4 nitrogen and oxygen atoms in total. The molecule has 0 fully saturated rings. The van der Waals surface area contributed by atoms with Gasteiger partial charge in [-0.3, -0.25) is 14.4 Å². The lowest BCUT2D eigenvalue weighted by Gasteiger charge is -2.02. The summed E-state index contributed by atoms with van der Waals surface area (Å²) in [7, 11) is 0. The molecule has 0 N–H and O–H groups in total. The minimum Gasteiger partial charge on any atom is -0.289 e. The van der Waals surface area contributed by atoms with Crippen LogP contribution in [-0.4, -0.2) is 16.3 Å². The number of thiazole rings is 1. The van der Waals surface area contributed by atoms with Gasteiger partial charge in [0.2, 0.25) is 5.91 Å². The third-order valence-electron chi connectivity index (χ3n) is 3.19. The zero-order valence-corrected chi connectivity index (χ0v) is 12.0. The lowest BCUT2D eigenvalue weighted by molar-refractivity contribution is 0.0939. The lowest BCUT2D eigenvalue weighted by Crippen LogP contribution is -2.18. The average Bonchev–Trinajstić information content (AvgIpc) is 2.82. The third kappa shape index (κ3) is 2.32. The zero-order chi connectivity index (χ0) is 15.0. The van der Waals surface area contributed by atoms with E-state index < -0.39 is 0 Å². The molecule has 0 amide bonds. The van der Waals surface area contributed by atoms with Crippen LogP contribution in [0.15, 0.2) is 53.3 Å². The molecule has 3 aromatic rings. The Morgan fingerprint density at radius 2 is 1.71 bits per heavy atom. The van der Waals surface area contributed by atoms with Gasteiger partial charge < -0.3 is 0 Å². The van der Waals surface area contributed by atoms with Crippen molar-refractivity contribution in [3.63, 3.8) is 0 Å². The van der Waals surface area contributed by atoms with Gasteiger partial charge in [0.15, 0.2) is 5.78 Å². The molecule has 0 aliphatic heterocycles. The molecule has 5 heteroatoms. The van der Waals surface area contributed by atoms with Gasteiger partial charge in [-0.2, -0.15) is 0 Å². The van der Waals surface area contributed by atoms with Crippen LogP contribution < -0.4 is 4.87 Å². The Morgan fingerprint density at radius 1 is 1.00 bits per heavy atom. The fourth-order valence-electron chi connectivity index (χ4n) is 2.21. The molecule has 0 bridgehead atoms. The predicted octanol–water partition coefficient (Wildman–Crippen LogP) is 2.95. The van der Waals surface area contributed by atoms with Crippen LogP contribution in [0.2, 0.25) is 0 Å². The zero-order valence-electron chi connectivity index (χ0n) is 11.2. The van der Waals surface area contributed by atoms with Crippen molar-refractivity contribution in [3.8, 4) is 0 Å². The molecule has 2 aromatic carbocycles. The van der Waals surface area contributed by atoms with E-state index in [-0.39, 0.29) is 16.6 Å². The molecule has 0 aliphatic rings. The molecule has 0 saturated carbocycles. The molecule has 0 spiro atoms. The van der Waals surface area contributed by atoms with Crippen LogP contribution in [0.3, 0.4) is 0 Å². The first-order valence-corrected chi connectivity index (χ1v) is 7.16. The third-order valence-corrected chi connectivity index (χ3v) is 4.10. The van der Waals surface area contributed by atoms with E-state index in [4.69, 9.17) is 0 Å². The Bertz CT molecular complexity index is 906. The van der Waals surface area contributed by atoms with Crippen molar-refractivity contribution in [2.24, 2.45) is 0 Å². The summed E-state index contributed by atoms with van der Waals surface area (Å²) in [4.78, 5) is 35.3. The first-order chi connectivity index (χ1) is 10.1. The second-order valence-electron chi connectivity index (χ2n) is 4.60. The maximum Gasteiger partial charge on any atom is 0.314 e. The van der Waals surface area contributed by atoms with Crippen molar-refractivity contribution in [2.75, 3.05) is 0 Å². The molecule has 0 radical (unpaired) electrons. The molecule has 0 saturated heterocycles. The SMILES string of the molecule is CC(=O)n1c(=O)sc2cc(C(=O)c3ccccc3)ccc21. The van der Waals surface area contributed by atoms with Gasteiger partial charge in [0.1, 0.15) is 0 Å². The molecule has 104 valence electrons. The molecule has 0 atom stereocenters. The van der Waals surface area contributed by atoms with Crippen molar-refractivity contribution in [3.05, 3.63) is 69.3 Å². The Labute approximate surface area is 124 Å². The summed E-state index contributed by atoms with van der Waals surface area (Å²) in [5, 5.41) is 0. The number of fused-ring (bicyclic) bond motifs is 1. The van der Waals surface area contributed by atoms with E-state index >= 15 is 0 Å². The van der Waals surface area contributed by atoms with Gasteiger partial charge in [0.05, 0.1) is 10.2 Å². The number of carbonyl (C=O) groups is 2. The maximum absolute atomic E-state index is 12.4. The predicted molar refractivity (Wildman–Crippen MR) is 82.3 cm³/mol. The van der Waals surface area contributed by atoms with Crippen LogP contribution in [0.5, 0.6) is 0 Å². The van der Waals surface area contributed by atoms with E-state index in [2.05, 4.69) is 0 Å². The number of ketones is 1. The second kappa shape index (κ2) is 5.10. The summed E-state index contributed by atoms with van der Waals surface area (Å²) in [6.45, 7) is 1.34. The largest absolute Gasteiger partial charge is 0.314 e. The van der Waals surface area contributed by atoms with Crippen LogP contribution in [0, 0.1) is 0 Å². The number of aromatic nitrogens is 1. The number of hydrogen-bond acceptors (Lipinski definition) is 4. The Balaban J connectivity index is 2.13. The van der Waals surface area contributed by atoms with Crippen LogP contribution in [0.25, 0.3) is 10.2 Å². The van der Waals surface area contributed by atoms with Crippen molar-refractivity contribution < 1.29 is 9.59 Å². The topological polar surface area (TPSA) is 56.1 Å². The number of nitrogens with zero attached hydrogens (tertiary/aromatic N) is 1. The van der Waals surface area contributed by atoms with E-state index in [1.165, 1.54) is 6.92 Å². The standard InChI is InChI=1S/C16H11NO3S/c1-10(18)17-13-8-7-12(9-14(13)21-16(17)20)15(19)11-5-3-2-4-6-11/h2-9H,1H3. The normalized spacial score (nSPS) is 10.7. The van der Waals surface area contributed by atoms with Gasteiger partial charge in [-0.15, -0.1) is 0 Å². The van der Waals surface area contributed by atoms with Gasteiger partial charge in [-0.1, -0.05) is 41.7 Å². The average molecular weight is 297 g/mol. The number of benzene rings is 2. The van der Waals surface area contributed by atoms with Crippen molar-refractivity contribution in [1.82, 2.24) is 4.57 Å². The van der Waals surface area contributed by atoms with E-state index in [1.807, 2.05) is 6.07 Å². The number of hydrogen-bond donors (Lipinski definition) is 0. The highest BCUT2D eigenvalue weighted by molar-refractivity contribution is 7.16. The van der Waals surface area contributed by atoms with E-state index in [9.17, 15) is 14.4 Å². The van der Waals surface area contributed by atoms with Gasteiger partial charge in [-0.25, -0.2) is 4.57 Å². The first kappa shape index (κ1) is 13.5. The molecular weight excluding hydrogens is 286 g/mol. The maximum atomic E-state index is 12.4. The van der Waals surface area contributed by atoms with Gasteiger partial charge in [-0.05, 0) is 18.2 Å². The fourth-order valence-corrected chi connectivity index (χ4v) is 3.17. The summed E-state index contributed by atoms with van der Waals surface area (Å²) in [5.74, 6) is -0.430. The van der Waals surface area contributed by atoms with Crippen molar-refractivity contribution in [1.29, 1.82) is 0 Å². The summed E-state index contributed by atoms with van der Waals surface area (Å²) < 4.78 is 1.76. The quantitative estimate of drug-likeness (QED) is 0.683. The van der Waals surface area contributed by atoms with E-state index in [0.29, 0.717) is 21.3 Å². The van der Waals surface area contributed by atoms with Crippen LogP contribution in [-0.2, 0) is 0 Å². The summed E-state index contributed by atoms with van der Waals surface area (Å²) in [5.41, 5.74) is 1.64. The van der Waals surface area contributed by atoms with Gasteiger partial charge in [0, 0.05) is 18.1 Å². The number of rotatable bonds is 2. The monoisotopic (exact) mass is 297 g/mol. The van der Waals surface area contributed by atoms with E-state index in [1.54, 1.807) is 42.5 Å². The molecular formula is C16H11NO3S. The van der Waals surface area contributed by atoms with Crippen LogP contribution in [0.4, 0.5) is 0 Å². The fraction of sp³-hybridized carbons (Fsp3) is 0.0625. The molecule has 21 heavy (non-hydrogen) atoms. The van der Waals surface area contributed by atoms with Crippen molar-refractivity contribution in [2.45, 2.75) is 6.92 Å². The van der Waals surface area contributed by atoms with Crippen LogP contribution in [0.1, 0.15) is 27.6 Å². The van der Waals surface area contributed by atoms with Gasteiger partial charge in [0.25, 0.3) is 0 Å². The Hall–Kier alpha value is -2.53. The first-order valence-electron chi connectivity index (χ1n) is 6.34. The summed E-state index contributed by atoms with van der Waals surface area (Å²) in [6.07, 6.45) is 0. The molecule has 3 rings (SSSR count). The Kier molecular flexibility index (Phi) is 3.27. The number of carbonyl (C=O) groups excluding carboxylic acids is 2. The van der Waals surface area contributed by atoms with Gasteiger partial charge >= 0.3 is 4.87 Å². The molecule has 1 heterocycles. The minimum atomic E-state index is -0.332. The van der Waals surface area contributed by atoms with Crippen molar-refractivity contribution >= 4 is 33.2 Å². The highest BCUT2D eigenvalue weighted by Crippen LogP contribution is 2.21. The smallest absolute Gasteiger partial charge is 0.289 e. The second-order valence-corrected chi connectivity index (χ2v) is 5.59. The molecule has 0 unspecified atom stereocenters. The summed E-state index contributed by atoms with van der Waals surface area (Å²) >= 11 is 0.968. The highest BCUT2D eigenvalue weighted by atomic mass is 32.1. The summed E-state index contributed by atoms with van der Waals surface area (Å²) in [6, 6.07) is 13.9. The van der Waals surface area contributed by atoms with Crippen LogP contribution >= 0.6 is 11.3 Å². The molecule has 1 aromatic heterocycles. The lowest BCUT2D eigenvalue weighted by atomic mass is 10.0. The Morgan fingerprint density at radius 3 is 2.38 bits per heavy atom. The minimum absolute atomic E-state index is 0.104. The van der Waals surface area contributed by atoms with E-state index in [0.717, 1.165) is 15.9 Å². The highest BCUT2D eigenvalue weighted by Gasteiger charge is 2.14.